The highest BCUT2D eigenvalue weighted by Crippen LogP contribution is 2.30. The molecule has 0 aliphatic rings. The predicted octanol–water partition coefficient (Wildman–Crippen LogP) is 5.66. The van der Waals surface area contributed by atoms with Crippen LogP contribution < -0.4 is 5.32 Å². The van der Waals surface area contributed by atoms with E-state index >= 15 is 0 Å². The van der Waals surface area contributed by atoms with E-state index in [0.717, 1.165) is 16.2 Å². The summed E-state index contributed by atoms with van der Waals surface area (Å²) < 4.78 is 1.23. The fourth-order valence-electron chi connectivity index (χ4n) is 2.68. The van der Waals surface area contributed by atoms with Crippen LogP contribution in [-0.2, 0) is 0 Å². The standard InChI is InChI=1S/C20H16N2S/c1-21-16-10-6-14(7-11-16)8-13-19-22-20-17-5-3-2-4-15(17)9-12-18(20)23-19/h2-13,21H,1H3/b13-8+. The molecule has 0 radical (unpaired) electrons. The second-order valence-corrected chi connectivity index (χ2v) is 6.45. The maximum absolute atomic E-state index is 4.81. The molecule has 4 rings (SSSR count). The van der Waals surface area contributed by atoms with Crippen LogP contribution in [-0.4, -0.2) is 12.0 Å². The summed E-state index contributed by atoms with van der Waals surface area (Å²) in [6.45, 7) is 0. The summed E-state index contributed by atoms with van der Waals surface area (Å²) in [4.78, 5) is 4.81. The number of benzene rings is 3. The van der Waals surface area contributed by atoms with Gasteiger partial charge in [-0.05, 0) is 35.2 Å². The van der Waals surface area contributed by atoms with Crippen molar-refractivity contribution < 1.29 is 0 Å². The Bertz CT molecular complexity index is 997. The molecule has 0 fully saturated rings. The summed E-state index contributed by atoms with van der Waals surface area (Å²) >= 11 is 1.73. The topological polar surface area (TPSA) is 24.9 Å². The number of anilines is 1. The second kappa shape index (κ2) is 5.86. The molecule has 3 aromatic carbocycles. The molecule has 0 spiro atoms. The third-order valence-electron chi connectivity index (χ3n) is 3.92. The Kier molecular flexibility index (Phi) is 3.56. The molecule has 0 aliphatic heterocycles. The van der Waals surface area contributed by atoms with Crippen LogP contribution in [0.25, 0.3) is 33.1 Å². The van der Waals surface area contributed by atoms with Crippen molar-refractivity contribution in [1.82, 2.24) is 4.98 Å². The highest BCUT2D eigenvalue weighted by molar-refractivity contribution is 7.19. The van der Waals surface area contributed by atoms with Gasteiger partial charge in [0, 0.05) is 18.1 Å². The first-order valence-corrected chi connectivity index (χ1v) is 8.39. The van der Waals surface area contributed by atoms with Crippen molar-refractivity contribution in [3.63, 3.8) is 0 Å². The van der Waals surface area contributed by atoms with Crippen LogP contribution in [0.4, 0.5) is 5.69 Å². The monoisotopic (exact) mass is 316 g/mol. The average Bonchev–Trinajstić information content (AvgIpc) is 3.04. The van der Waals surface area contributed by atoms with Gasteiger partial charge in [-0.2, -0.15) is 0 Å². The molecule has 1 heterocycles. The van der Waals surface area contributed by atoms with Crippen LogP contribution >= 0.6 is 11.3 Å². The molecule has 0 atom stereocenters. The summed E-state index contributed by atoms with van der Waals surface area (Å²) in [6.07, 6.45) is 4.20. The molecule has 23 heavy (non-hydrogen) atoms. The number of thiazole rings is 1. The van der Waals surface area contributed by atoms with Crippen LogP contribution in [0.2, 0.25) is 0 Å². The molecule has 0 unspecified atom stereocenters. The van der Waals surface area contributed by atoms with Crippen LogP contribution in [0.3, 0.4) is 0 Å². The molecule has 0 saturated heterocycles. The van der Waals surface area contributed by atoms with E-state index in [9.17, 15) is 0 Å². The van der Waals surface area contributed by atoms with Gasteiger partial charge in [0.2, 0.25) is 0 Å². The molecule has 1 aromatic heterocycles. The smallest absolute Gasteiger partial charge is 0.117 e. The maximum Gasteiger partial charge on any atom is 0.117 e. The van der Waals surface area contributed by atoms with Gasteiger partial charge in [0.1, 0.15) is 5.01 Å². The summed E-state index contributed by atoms with van der Waals surface area (Å²) in [7, 11) is 1.93. The van der Waals surface area contributed by atoms with E-state index in [1.54, 1.807) is 11.3 Å². The SMILES string of the molecule is CNc1ccc(/C=C/c2nc3c(ccc4ccccc43)s2)cc1. The highest BCUT2D eigenvalue weighted by atomic mass is 32.1. The van der Waals surface area contributed by atoms with Crippen LogP contribution in [0.1, 0.15) is 10.6 Å². The maximum atomic E-state index is 4.81. The first kappa shape index (κ1) is 14.0. The summed E-state index contributed by atoms with van der Waals surface area (Å²) in [5.41, 5.74) is 3.39. The molecular weight excluding hydrogens is 300 g/mol. The van der Waals surface area contributed by atoms with E-state index in [4.69, 9.17) is 4.98 Å². The number of fused-ring (bicyclic) bond motifs is 3. The van der Waals surface area contributed by atoms with Gasteiger partial charge in [0.15, 0.2) is 0 Å². The molecule has 3 heteroatoms. The zero-order valence-corrected chi connectivity index (χ0v) is 13.6. The zero-order chi connectivity index (χ0) is 15.6. The third-order valence-corrected chi connectivity index (χ3v) is 4.90. The van der Waals surface area contributed by atoms with Gasteiger partial charge in [0.05, 0.1) is 10.2 Å². The third kappa shape index (κ3) is 2.71. The van der Waals surface area contributed by atoms with E-state index in [-0.39, 0.29) is 0 Å². The lowest BCUT2D eigenvalue weighted by molar-refractivity contribution is 1.48. The lowest BCUT2D eigenvalue weighted by Crippen LogP contribution is -1.86. The molecule has 0 saturated carbocycles. The Labute approximate surface area is 139 Å². The minimum atomic E-state index is 1.04. The lowest BCUT2D eigenvalue weighted by atomic mass is 10.1. The van der Waals surface area contributed by atoms with Crippen molar-refractivity contribution in [3.05, 3.63) is 71.2 Å². The van der Waals surface area contributed by atoms with Gasteiger partial charge in [-0.15, -0.1) is 11.3 Å². The van der Waals surface area contributed by atoms with Gasteiger partial charge in [-0.1, -0.05) is 48.5 Å². The van der Waals surface area contributed by atoms with Crippen molar-refractivity contribution in [2.24, 2.45) is 0 Å². The molecular formula is C20H16N2S. The zero-order valence-electron chi connectivity index (χ0n) is 12.8. The van der Waals surface area contributed by atoms with E-state index in [1.807, 2.05) is 7.05 Å². The minimum absolute atomic E-state index is 1.04. The van der Waals surface area contributed by atoms with Gasteiger partial charge in [-0.3, -0.25) is 0 Å². The molecule has 0 bridgehead atoms. The fraction of sp³-hybridized carbons (Fsp3) is 0.0500. The van der Waals surface area contributed by atoms with Crippen molar-refractivity contribution in [1.29, 1.82) is 0 Å². The normalized spacial score (nSPS) is 11.5. The average molecular weight is 316 g/mol. The number of nitrogens with zero attached hydrogens (tertiary/aromatic N) is 1. The van der Waals surface area contributed by atoms with Gasteiger partial charge >= 0.3 is 0 Å². The summed E-state index contributed by atoms with van der Waals surface area (Å²) in [5.74, 6) is 0. The summed E-state index contributed by atoms with van der Waals surface area (Å²) in [6, 6.07) is 21.1. The van der Waals surface area contributed by atoms with E-state index < -0.39 is 0 Å². The van der Waals surface area contributed by atoms with E-state index in [0.29, 0.717) is 0 Å². The molecule has 1 N–H and O–H groups in total. The van der Waals surface area contributed by atoms with Crippen LogP contribution in [0.15, 0.2) is 60.7 Å². The Hall–Kier alpha value is -2.65. The summed E-state index contributed by atoms with van der Waals surface area (Å²) in [5, 5.41) is 6.63. The Morgan fingerprint density at radius 3 is 2.57 bits per heavy atom. The van der Waals surface area contributed by atoms with Gasteiger partial charge in [-0.25, -0.2) is 4.98 Å². The van der Waals surface area contributed by atoms with Crippen LogP contribution in [0.5, 0.6) is 0 Å². The number of aromatic nitrogens is 1. The number of rotatable bonds is 3. The molecule has 112 valence electrons. The molecule has 2 nitrogen and oxygen atoms in total. The first-order chi connectivity index (χ1) is 11.3. The van der Waals surface area contributed by atoms with Crippen LogP contribution in [0, 0.1) is 0 Å². The van der Waals surface area contributed by atoms with Crippen molar-refractivity contribution in [2.45, 2.75) is 0 Å². The van der Waals surface area contributed by atoms with E-state index in [2.05, 4.69) is 78.1 Å². The van der Waals surface area contributed by atoms with E-state index in [1.165, 1.54) is 21.0 Å². The number of nitrogens with one attached hydrogen (secondary N) is 1. The Morgan fingerprint density at radius 1 is 0.913 bits per heavy atom. The number of hydrogen-bond donors (Lipinski definition) is 1. The Balaban J connectivity index is 1.71. The van der Waals surface area contributed by atoms with Crippen molar-refractivity contribution in [2.75, 3.05) is 12.4 Å². The number of hydrogen-bond acceptors (Lipinski definition) is 3. The Morgan fingerprint density at radius 2 is 1.74 bits per heavy atom. The predicted molar refractivity (Wildman–Crippen MR) is 102 cm³/mol. The largest absolute Gasteiger partial charge is 0.388 e. The highest BCUT2D eigenvalue weighted by Gasteiger charge is 2.05. The second-order valence-electron chi connectivity index (χ2n) is 5.39. The van der Waals surface area contributed by atoms with Crippen molar-refractivity contribution in [3.8, 4) is 0 Å². The lowest BCUT2D eigenvalue weighted by Gasteiger charge is -1.98. The molecule has 4 aromatic rings. The molecule has 0 amide bonds. The van der Waals surface area contributed by atoms with Gasteiger partial charge in [0.25, 0.3) is 0 Å². The van der Waals surface area contributed by atoms with Gasteiger partial charge < -0.3 is 5.32 Å². The first-order valence-electron chi connectivity index (χ1n) is 7.58. The quantitative estimate of drug-likeness (QED) is 0.527. The minimum Gasteiger partial charge on any atom is -0.388 e. The molecule has 0 aliphatic carbocycles. The van der Waals surface area contributed by atoms with Crippen molar-refractivity contribution >= 4 is 50.2 Å². The fourth-order valence-corrected chi connectivity index (χ4v) is 3.56.